The summed E-state index contributed by atoms with van der Waals surface area (Å²) in [5.41, 5.74) is 8.26. The van der Waals surface area contributed by atoms with E-state index in [9.17, 15) is 0 Å². The minimum Gasteiger partial charge on any atom is -0.393 e. The van der Waals surface area contributed by atoms with E-state index in [-0.39, 0.29) is 6.10 Å². The number of aryl methyl sites for hydroxylation is 2. The van der Waals surface area contributed by atoms with E-state index < -0.39 is 0 Å². The average molecular weight is 393 g/mol. The van der Waals surface area contributed by atoms with Gasteiger partial charge in [-0.15, -0.1) is 0 Å². The third kappa shape index (κ3) is 6.22. The Balaban J connectivity index is 0.000000279. The number of hydrogen-bond acceptors (Lipinski definition) is 3. The predicted octanol–water partition coefficient (Wildman–Crippen LogP) is 5.05. The van der Waals surface area contributed by atoms with E-state index in [1.54, 1.807) is 0 Å². The highest BCUT2D eigenvalue weighted by Crippen LogP contribution is 2.30. The van der Waals surface area contributed by atoms with Crippen LogP contribution < -0.4 is 5.73 Å². The van der Waals surface area contributed by atoms with Crippen LogP contribution in [0.2, 0.25) is 5.02 Å². The Hall–Kier alpha value is -1.59. The van der Waals surface area contributed by atoms with Gasteiger partial charge in [-0.3, -0.25) is 0 Å². The van der Waals surface area contributed by atoms with Gasteiger partial charge in [0.05, 0.1) is 6.10 Å². The zero-order valence-electron chi connectivity index (χ0n) is 17.1. The predicted molar refractivity (Wildman–Crippen MR) is 118 cm³/mol. The van der Waals surface area contributed by atoms with Crippen LogP contribution in [-0.4, -0.2) is 36.0 Å². The smallest absolute Gasteiger partial charge is 0.0584 e. The Morgan fingerprint density at radius 1 is 1.00 bits per heavy atom. The number of fused-ring (bicyclic) bond motifs is 3. The Labute approximate surface area is 167 Å². The molecule has 0 bridgehead atoms. The van der Waals surface area contributed by atoms with Crippen LogP contribution >= 0.6 is 11.6 Å². The molecule has 150 valence electrons. The molecule has 3 N–H and O–H groups in total. The summed E-state index contributed by atoms with van der Waals surface area (Å²) in [6.45, 7) is 7.59. The molecule has 4 rings (SSSR count). The van der Waals surface area contributed by atoms with Gasteiger partial charge in [0.2, 0.25) is 0 Å². The van der Waals surface area contributed by atoms with Gasteiger partial charge in [-0.1, -0.05) is 37.1 Å². The number of aromatic nitrogens is 1. The highest BCUT2D eigenvalue weighted by molar-refractivity contribution is 6.31. The molecule has 0 aliphatic carbocycles. The summed E-state index contributed by atoms with van der Waals surface area (Å²) < 4.78 is 7.19. The summed E-state index contributed by atoms with van der Waals surface area (Å²) in [5, 5.41) is 12.1. The topological polar surface area (TPSA) is 60.4 Å². The Bertz CT molecular complexity index is 765. The van der Waals surface area contributed by atoms with Crippen molar-refractivity contribution in [3.8, 4) is 0 Å². The standard InChI is InChI=1S/C14H12ClN.C5H10O2.C2H6.CH5N/c1-9-3-5-13-11(7-9)12-8-10(15)4-6-14(12)16(13)2;6-5-1-3-7-4-2-5;2*1-2/h3-8H,1-2H3;5-6H,1-4H2;1-2H3;2H2,1H3. The first-order chi connectivity index (χ1) is 13.1. The number of rotatable bonds is 0. The maximum atomic E-state index is 8.83. The fraction of sp³-hybridized carbons (Fsp3) is 0.455. The van der Waals surface area contributed by atoms with Gasteiger partial charge in [-0.2, -0.15) is 0 Å². The molecule has 0 unspecified atom stereocenters. The lowest BCUT2D eigenvalue weighted by Gasteiger charge is -2.15. The summed E-state index contributed by atoms with van der Waals surface area (Å²) in [6, 6.07) is 12.6. The quantitative estimate of drug-likeness (QED) is 0.562. The maximum Gasteiger partial charge on any atom is 0.0584 e. The minimum atomic E-state index is -0.0891. The third-order valence-corrected chi connectivity index (χ3v) is 4.55. The lowest BCUT2D eigenvalue weighted by molar-refractivity contribution is 0.0140. The monoisotopic (exact) mass is 392 g/mol. The zero-order chi connectivity index (χ0) is 20.4. The van der Waals surface area contributed by atoms with Crippen LogP contribution in [0, 0.1) is 6.92 Å². The van der Waals surface area contributed by atoms with Crippen LogP contribution in [0.25, 0.3) is 21.8 Å². The van der Waals surface area contributed by atoms with Gasteiger partial charge in [-0.25, -0.2) is 0 Å². The first-order valence-corrected chi connectivity index (χ1v) is 9.92. The number of halogens is 1. The van der Waals surface area contributed by atoms with E-state index in [1.807, 2.05) is 26.0 Å². The fourth-order valence-electron chi connectivity index (χ4n) is 2.99. The molecule has 5 heteroatoms. The zero-order valence-corrected chi connectivity index (χ0v) is 17.9. The van der Waals surface area contributed by atoms with Gasteiger partial charge in [-0.05, 0) is 57.1 Å². The lowest BCUT2D eigenvalue weighted by Crippen LogP contribution is -2.19. The SMILES string of the molecule is CC.CN.Cc1ccc2c(c1)c1cc(Cl)ccc1n2C.OC1CCOCC1. The summed E-state index contributed by atoms with van der Waals surface area (Å²) in [6.07, 6.45) is 1.55. The minimum absolute atomic E-state index is 0.0891. The van der Waals surface area contributed by atoms with Gasteiger partial charge in [0.15, 0.2) is 0 Å². The molecule has 1 saturated heterocycles. The van der Waals surface area contributed by atoms with Crippen LogP contribution in [0.3, 0.4) is 0 Å². The summed E-state index contributed by atoms with van der Waals surface area (Å²) in [4.78, 5) is 0. The summed E-state index contributed by atoms with van der Waals surface area (Å²) in [7, 11) is 3.59. The second-order valence-corrected chi connectivity index (χ2v) is 6.52. The summed E-state index contributed by atoms with van der Waals surface area (Å²) in [5.74, 6) is 0. The van der Waals surface area contributed by atoms with E-state index >= 15 is 0 Å². The van der Waals surface area contributed by atoms with Crippen molar-refractivity contribution in [3.05, 3.63) is 47.0 Å². The number of aliphatic hydroxyl groups excluding tert-OH is 1. The maximum absolute atomic E-state index is 8.83. The van der Waals surface area contributed by atoms with Crippen molar-refractivity contribution in [2.75, 3.05) is 20.3 Å². The van der Waals surface area contributed by atoms with Crippen molar-refractivity contribution in [3.63, 3.8) is 0 Å². The number of nitrogens with zero attached hydrogens (tertiary/aromatic N) is 1. The van der Waals surface area contributed by atoms with Crippen LogP contribution in [0.15, 0.2) is 36.4 Å². The largest absolute Gasteiger partial charge is 0.393 e. The van der Waals surface area contributed by atoms with Crippen LogP contribution in [0.5, 0.6) is 0 Å². The molecule has 1 aliphatic heterocycles. The Morgan fingerprint density at radius 2 is 1.52 bits per heavy atom. The Morgan fingerprint density at radius 3 is 2.04 bits per heavy atom. The molecule has 0 atom stereocenters. The highest BCUT2D eigenvalue weighted by atomic mass is 35.5. The average Bonchev–Trinajstić information content (AvgIpc) is 2.97. The number of hydrogen-bond donors (Lipinski definition) is 2. The van der Waals surface area contributed by atoms with Gasteiger partial charge < -0.3 is 20.1 Å². The molecule has 0 radical (unpaired) electrons. The molecule has 1 fully saturated rings. The summed E-state index contributed by atoms with van der Waals surface area (Å²) >= 11 is 6.06. The molecular formula is C22H33ClN2O2. The van der Waals surface area contributed by atoms with Crippen LogP contribution in [-0.2, 0) is 11.8 Å². The van der Waals surface area contributed by atoms with Crippen molar-refractivity contribution >= 4 is 33.4 Å². The third-order valence-electron chi connectivity index (χ3n) is 4.31. The van der Waals surface area contributed by atoms with E-state index in [0.717, 1.165) is 31.1 Å². The molecule has 0 saturated carbocycles. The lowest BCUT2D eigenvalue weighted by atomic mass is 10.1. The molecule has 27 heavy (non-hydrogen) atoms. The number of nitrogens with two attached hydrogens (primary N) is 1. The van der Waals surface area contributed by atoms with E-state index in [4.69, 9.17) is 21.4 Å². The number of ether oxygens (including phenoxy) is 1. The molecule has 0 amide bonds. The molecule has 4 nitrogen and oxygen atoms in total. The molecule has 3 aromatic rings. The molecule has 0 spiro atoms. The van der Waals surface area contributed by atoms with E-state index in [1.165, 1.54) is 34.4 Å². The number of aliphatic hydroxyl groups is 1. The van der Waals surface area contributed by atoms with Crippen LogP contribution in [0.1, 0.15) is 32.3 Å². The Kier molecular flexibility index (Phi) is 10.4. The molecular weight excluding hydrogens is 360 g/mol. The van der Waals surface area contributed by atoms with Crippen molar-refractivity contribution in [1.82, 2.24) is 4.57 Å². The van der Waals surface area contributed by atoms with Gasteiger partial charge in [0.25, 0.3) is 0 Å². The highest BCUT2D eigenvalue weighted by Gasteiger charge is 2.08. The van der Waals surface area contributed by atoms with Gasteiger partial charge in [0.1, 0.15) is 0 Å². The fourth-order valence-corrected chi connectivity index (χ4v) is 3.16. The van der Waals surface area contributed by atoms with Crippen molar-refractivity contribution in [1.29, 1.82) is 0 Å². The second-order valence-electron chi connectivity index (χ2n) is 6.08. The van der Waals surface area contributed by atoms with Gasteiger partial charge >= 0.3 is 0 Å². The number of benzene rings is 2. The molecule has 1 aromatic heterocycles. The molecule has 1 aliphatic rings. The van der Waals surface area contributed by atoms with E-state index in [0.29, 0.717) is 0 Å². The molecule has 2 aromatic carbocycles. The van der Waals surface area contributed by atoms with Crippen molar-refractivity contribution in [2.45, 2.75) is 39.7 Å². The first kappa shape index (κ1) is 23.4. The second kappa shape index (κ2) is 12.0. The van der Waals surface area contributed by atoms with Crippen molar-refractivity contribution < 1.29 is 9.84 Å². The van der Waals surface area contributed by atoms with E-state index in [2.05, 4.69) is 48.5 Å². The van der Waals surface area contributed by atoms with Crippen LogP contribution in [0.4, 0.5) is 0 Å². The van der Waals surface area contributed by atoms with Gasteiger partial charge in [0, 0.05) is 47.1 Å². The first-order valence-electron chi connectivity index (χ1n) is 9.54. The van der Waals surface area contributed by atoms with Crippen molar-refractivity contribution in [2.24, 2.45) is 12.8 Å². The normalized spacial score (nSPS) is 13.8. The molecule has 2 heterocycles.